The van der Waals surface area contributed by atoms with E-state index in [0.29, 0.717) is 11.3 Å². The Labute approximate surface area is 124 Å². The number of phenols is 1. The van der Waals surface area contributed by atoms with E-state index in [-0.39, 0.29) is 5.57 Å². The number of nitrogens with one attached hydrogen (secondary N) is 2. The summed E-state index contributed by atoms with van der Waals surface area (Å²) in [4.78, 5) is 33.5. The molecule has 9 nitrogen and oxygen atoms in total. The van der Waals surface area contributed by atoms with Crippen LogP contribution >= 0.6 is 0 Å². The molecular formula is C13H13N3O6. The van der Waals surface area contributed by atoms with E-state index in [1.54, 1.807) is 0 Å². The number of carbonyl (C=O) groups is 2. The van der Waals surface area contributed by atoms with Gasteiger partial charge >= 0.3 is 17.7 Å². The van der Waals surface area contributed by atoms with Crippen LogP contribution in [0.1, 0.15) is 18.5 Å². The highest BCUT2D eigenvalue weighted by atomic mass is 16.6. The summed E-state index contributed by atoms with van der Waals surface area (Å²) in [6, 6.07) is 2.17. The Hall–Kier alpha value is -3.10. The van der Waals surface area contributed by atoms with Gasteiger partial charge in [0.15, 0.2) is 5.75 Å². The molecule has 2 rings (SSSR count). The number of esters is 1. The maximum absolute atomic E-state index is 11.9. The summed E-state index contributed by atoms with van der Waals surface area (Å²) >= 11 is 0. The Morgan fingerprint density at radius 1 is 1.45 bits per heavy atom. The number of aromatic hydroxyl groups is 1. The van der Waals surface area contributed by atoms with E-state index in [1.807, 2.05) is 0 Å². The van der Waals surface area contributed by atoms with Crippen molar-refractivity contribution in [3.8, 4) is 5.75 Å². The molecule has 22 heavy (non-hydrogen) atoms. The number of urea groups is 1. The van der Waals surface area contributed by atoms with Gasteiger partial charge in [-0.1, -0.05) is 0 Å². The SMILES string of the molecule is COC(=O)C1=C(C)NC(=O)N[C@@H]1c1ccc([N+](=O)[O-])c(O)c1. The van der Waals surface area contributed by atoms with Gasteiger partial charge in [-0.3, -0.25) is 10.1 Å². The summed E-state index contributed by atoms with van der Waals surface area (Å²) in [6.45, 7) is 1.53. The van der Waals surface area contributed by atoms with Gasteiger partial charge in [0.25, 0.3) is 0 Å². The second kappa shape index (κ2) is 5.72. The molecule has 0 bridgehead atoms. The van der Waals surface area contributed by atoms with Gasteiger partial charge in [0, 0.05) is 11.8 Å². The van der Waals surface area contributed by atoms with Crippen molar-refractivity contribution in [1.82, 2.24) is 10.6 Å². The van der Waals surface area contributed by atoms with Crippen LogP contribution in [-0.4, -0.2) is 29.1 Å². The molecule has 0 aromatic heterocycles. The molecule has 1 heterocycles. The Morgan fingerprint density at radius 2 is 2.14 bits per heavy atom. The quantitative estimate of drug-likeness (QED) is 0.435. The molecule has 9 heteroatoms. The molecule has 2 amide bonds. The van der Waals surface area contributed by atoms with Crippen LogP contribution in [0.5, 0.6) is 5.75 Å². The number of ether oxygens (including phenoxy) is 1. The molecule has 0 radical (unpaired) electrons. The van der Waals surface area contributed by atoms with Crippen LogP contribution in [-0.2, 0) is 9.53 Å². The van der Waals surface area contributed by atoms with E-state index < -0.39 is 34.4 Å². The lowest BCUT2D eigenvalue weighted by molar-refractivity contribution is -0.385. The first-order valence-electron chi connectivity index (χ1n) is 6.19. The van der Waals surface area contributed by atoms with Gasteiger partial charge in [-0.05, 0) is 24.6 Å². The highest BCUT2D eigenvalue weighted by Gasteiger charge is 2.32. The fraction of sp³-hybridized carbons (Fsp3) is 0.231. The summed E-state index contributed by atoms with van der Waals surface area (Å²) in [6.07, 6.45) is 0. The molecule has 1 aromatic rings. The Bertz CT molecular complexity index is 697. The summed E-state index contributed by atoms with van der Waals surface area (Å²) in [5.41, 5.74) is 0.302. The maximum Gasteiger partial charge on any atom is 0.337 e. The second-order valence-electron chi connectivity index (χ2n) is 4.57. The van der Waals surface area contributed by atoms with Crippen molar-refractivity contribution < 1.29 is 24.4 Å². The van der Waals surface area contributed by atoms with Crippen molar-refractivity contribution >= 4 is 17.7 Å². The van der Waals surface area contributed by atoms with Crippen LogP contribution in [0.25, 0.3) is 0 Å². The number of allylic oxidation sites excluding steroid dienone is 1. The van der Waals surface area contributed by atoms with Crippen LogP contribution < -0.4 is 10.6 Å². The number of nitrogens with zero attached hydrogens (tertiary/aromatic N) is 1. The van der Waals surface area contributed by atoms with Gasteiger partial charge < -0.3 is 20.5 Å². The molecule has 0 fully saturated rings. The number of rotatable bonds is 3. The number of phenolic OH excluding ortho intramolecular Hbond substituents is 1. The van der Waals surface area contributed by atoms with E-state index in [4.69, 9.17) is 0 Å². The van der Waals surface area contributed by atoms with E-state index in [1.165, 1.54) is 20.1 Å². The number of amides is 2. The van der Waals surface area contributed by atoms with Gasteiger partial charge in [-0.15, -0.1) is 0 Å². The Morgan fingerprint density at radius 3 is 2.68 bits per heavy atom. The first kappa shape index (κ1) is 15.3. The number of nitro benzene ring substituents is 1. The van der Waals surface area contributed by atoms with Crippen LogP contribution in [0.4, 0.5) is 10.5 Å². The number of hydrogen-bond acceptors (Lipinski definition) is 6. The maximum atomic E-state index is 11.9. The van der Waals surface area contributed by atoms with Crippen LogP contribution in [0.2, 0.25) is 0 Å². The molecule has 0 saturated carbocycles. The first-order valence-corrected chi connectivity index (χ1v) is 6.19. The summed E-state index contributed by atoms with van der Waals surface area (Å²) < 4.78 is 4.68. The fourth-order valence-corrected chi connectivity index (χ4v) is 2.20. The molecule has 0 spiro atoms. The highest BCUT2D eigenvalue weighted by Crippen LogP contribution is 2.33. The standard InChI is InChI=1S/C13H13N3O6/c1-6-10(12(18)22-2)11(15-13(19)14-6)7-3-4-8(16(20)21)9(17)5-7/h3-5,11,17H,1-2H3,(H2,14,15,19)/t11-/m1/s1. The monoisotopic (exact) mass is 307 g/mol. The van der Waals surface area contributed by atoms with E-state index in [2.05, 4.69) is 15.4 Å². The molecule has 0 aliphatic carbocycles. The third kappa shape index (κ3) is 2.68. The third-order valence-corrected chi connectivity index (χ3v) is 3.20. The summed E-state index contributed by atoms with van der Waals surface area (Å²) in [5, 5.41) is 25.4. The minimum atomic E-state index is -0.882. The zero-order valence-electron chi connectivity index (χ0n) is 11.7. The van der Waals surface area contributed by atoms with Gasteiger partial charge in [-0.25, -0.2) is 9.59 Å². The van der Waals surface area contributed by atoms with Gasteiger partial charge in [-0.2, -0.15) is 0 Å². The zero-order chi connectivity index (χ0) is 16.4. The van der Waals surface area contributed by atoms with E-state index >= 15 is 0 Å². The molecule has 1 aliphatic rings. The fourth-order valence-electron chi connectivity index (χ4n) is 2.20. The van der Waals surface area contributed by atoms with Crippen LogP contribution in [0.3, 0.4) is 0 Å². The Balaban J connectivity index is 2.51. The van der Waals surface area contributed by atoms with Crippen molar-refractivity contribution in [3.63, 3.8) is 0 Å². The summed E-state index contributed by atoms with van der Waals surface area (Å²) in [7, 11) is 1.20. The molecule has 0 saturated heterocycles. The van der Waals surface area contributed by atoms with Crippen molar-refractivity contribution in [2.75, 3.05) is 7.11 Å². The number of methoxy groups -OCH3 is 1. The minimum absolute atomic E-state index is 0.148. The largest absolute Gasteiger partial charge is 0.502 e. The van der Waals surface area contributed by atoms with Gasteiger partial charge in [0.05, 0.1) is 23.6 Å². The molecule has 0 unspecified atom stereocenters. The molecule has 1 atom stereocenters. The third-order valence-electron chi connectivity index (χ3n) is 3.20. The van der Waals surface area contributed by atoms with Crippen LogP contribution in [0.15, 0.2) is 29.5 Å². The lowest BCUT2D eigenvalue weighted by atomic mass is 9.95. The first-order chi connectivity index (χ1) is 10.3. The number of nitro groups is 1. The molecule has 116 valence electrons. The van der Waals surface area contributed by atoms with E-state index in [9.17, 15) is 24.8 Å². The van der Waals surface area contributed by atoms with Crippen molar-refractivity contribution in [1.29, 1.82) is 0 Å². The number of benzene rings is 1. The molecule has 3 N–H and O–H groups in total. The average Bonchev–Trinajstić information content (AvgIpc) is 2.45. The van der Waals surface area contributed by atoms with E-state index in [0.717, 1.165) is 12.1 Å². The smallest absolute Gasteiger partial charge is 0.337 e. The molecule has 1 aromatic carbocycles. The van der Waals surface area contributed by atoms with Crippen molar-refractivity contribution in [2.45, 2.75) is 13.0 Å². The topological polar surface area (TPSA) is 131 Å². The average molecular weight is 307 g/mol. The lowest BCUT2D eigenvalue weighted by Gasteiger charge is -2.27. The zero-order valence-corrected chi connectivity index (χ0v) is 11.7. The van der Waals surface area contributed by atoms with Crippen LogP contribution in [0, 0.1) is 10.1 Å². The second-order valence-corrected chi connectivity index (χ2v) is 4.57. The molecular weight excluding hydrogens is 294 g/mol. The number of carbonyl (C=O) groups excluding carboxylic acids is 2. The highest BCUT2D eigenvalue weighted by molar-refractivity contribution is 5.95. The van der Waals surface area contributed by atoms with Gasteiger partial charge in [0.1, 0.15) is 0 Å². The van der Waals surface area contributed by atoms with Crippen molar-refractivity contribution in [2.24, 2.45) is 0 Å². The Kier molecular flexibility index (Phi) is 3.97. The molecule has 1 aliphatic heterocycles. The predicted octanol–water partition coefficient (Wildman–Crippen LogP) is 1.10. The normalized spacial score (nSPS) is 17.5. The predicted molar refractivity (Wildman–Crippen MR) is 73.9 cm³/mol. The summed E-state index contributed by atoms with van der Waals surface area (Å²) in [5.74, 6) is -1.22. The minimum Gasteiger partial charge on any atom is -0.502 e. The van der Waals surface area contributed by atoms with Crippen molar-refractivity contribution in [3.05, 3.63) is 45.1 Å². The van der Waals surface area contributed by atoms with Gasteiger partial charge in [0.2, 0.25) is 0 Å². The lowest BCUT2D eigenvalue weighted by Crippen LogP contribution is -2.45. The number of hydrogen-bond donors (Lipinski definition) is 3.